The molecule has 1 aliphatic heterocycles. The van der Waals surface area contributed by atoms with E-state index in [1.807, 2.05) is 45.9 Å². The molecule has 176 valence electrons. The third-order valence-electron chi connectivity index (χ3n) is 5.72. The van der Waals surface area contributed by atoms with Crippen molar-refractivity contribution < 1.29 is 22.7 Å². The van der Waals surface area contributed by atoms with Gasteiger partial charge in [0.05, 0.1) is 17.0 Å². The highest BCUT2D eigenvalue weighted by Crippen LogP contribution is 2.37. The van der Waals surface area contributed by atoms with Crippen LogP contribution in [0.15, 0.2) is 72.1 Å². The Hall–Kier alpha value is -3.13. The molecule has 1 heterocycles. The molecule has 0 spiro atoms. The topological polar surface area (TPSA) is 84.0 Å². The van der Waals surface area contributed by atoms with Gasteiger partial charge in [-0.3, -0.25) is 0 Å². The molecular weight excluding hydrogens is 440 g/mol. The number of benzene rings is 2. The number of ether oxygens (including phenoxy) is 1. The van der Waals surface area contributed by atoms with Gasteiger partial charge < -0.3 is 4.74 Å². The van der Waals surface area contributed by atoms with Crippen molar-refractivity contribution in [2.24, 2.45) is 5.41 Å². The van der Waals surface area contributed by atoms with E-state index in [0.29, 0.717) is 0 Å². The normalized spacial score (nSPS) is 19.3. The zero-order chi connectivity index (χ0) is 24.4. The molecule has 0 N–H and O–H groups in total. The lowest BCUT2D eigenvalue weighted by molar-refractivity contribution is 0.0389. The second-order valence-electron chi connectivity index (χ2n) is 9.23. The zero-order valence-electron chi connectivity index (χ0n) is 19.4. The Morgan fingerprint density at radius 1 is 1.12 bits per heavy atom. The Labute approximate surface area is 195 Å². The van der Waals surface area contributed by atoms with Crippen LogP contribution in [0.5, 0.6) is 0 Å². The van der Waals surface area contributed by atoms with E-state index in [-0.39, 0.29) is 17.9 Å². The van der Waals surface area contributed by atoms with Crippen molar-refractivity contribution in [3.63, 3.8) is 0 Å². The molecule has 0 aromatic heterocycles. The summed E-state index contributed by atoms with van der Waals surface area (Å²) in [5, 5.41) is 0. The van der Waals surface area contributed by atoms with Crippen LogP contribution in [0.25, 0.3) is 0 Å². The summed E-state index contributed by atoms with van der Waals surface area (Å²) in [5.41, 5.74) is 1.14. The van der Waals surface area contributed by atoms with Crippen LogP contribution in [0.2, 0.25) is 0 Å². The highest BCUT2D eigenvalue weighted by Gasteiger charge is 2.51. The summed E-state index contributed by atoms with van der Waals surface area (Å²) in [7, 11) is -4.23. The van der Waals surface area contributed by atoms with Crippen LogP contribution >= 0.6 is 0 Å². The summed E-state index contributed by atoms with van der Waals surface area (Å²) in [6.07, 6.45) is 0.773. The lowest BCUT2D eigenvalue weighted by Crippen LogP contribution is -2.64. The number of rotatable bonds is 5. The Morgan fingerprint density at radius 2 is 1.73 bits per heavy atom. The first-order valence-electron chi connectivity index (χ1n) is 10.7. The van der Waals surface area contributed by atoms with Crippen molar-refractivity contribution in [2.75, 3.05) is 0 Å². The van der Waals surface area contributed by atoms with Gasteiger partial charge in [-0.1, -0.05) is 74.9 Å². The van der Waals surface area contributed by atoms with Crippen molar-refractivity contribution >= 4 is 22.1 Å². The molecule has 8 heteroatoms. The molecule has 33 heavy (non-hydrogen) atoms. The number of urea groups is 1. The van der Waals surface area contributed by atoms with Gasteiger partial charge in [0.15, 0.2) is 0 Å². The Bertz CT molecular complexity index is 1120. The molecule has 3 rings (SSSR count). The molecule has 0 radical (unpaired) electrons. The fourth-order valence-electron chi connectivity index (χ4n) is 3.84. The largest absolute Gasteiger partial charge is 0.444 e. The average Bonchev–Trinajstić information content (AvgIpc) is 2.76. The number of carbonyl (C=O) groups excluding carboxylic acids is 2. The van der Waals surface area contributed by atoms with Crippen LogP contribution < -0.4 is 0 Å². The zero-order valence-corrected chi connectivity index (χ0v) is 20.2. The fourth-order valence-corrected chi connectivity index (χ4v) is 5.37. The molecule has 1 fully saturated rings. The number of carbonyl (C=O) groups is 2. The summed E-state index contributed by atoms with van der Waals surface area (Å²) < 4.78 is 33.1. The number of nitrogens with zero attached hydrogens (tertiary/aromatic N) is 2. The number of hydrogen-bond acceptors (Lipinski definition) is 5. The summed E-state index contributed by atoms with van der Waals surface area (Å²) in [6.45, 7) is 11.3. The van der Waals surface area contributed by atoms with Gasteiger partial charge in [-0.05, 0) is 36.5 Å². The Morgan fingerprint density at radius 3 is 2.27 bits per heavy atom. The lowest BCUT2D eigenvalue weighted by Gasteiger charge is -2.47. The first kappa shape index (κ1) is 24.5. The molecule has 2 aromatic rings. The van der Waals surface area contributed by atoms with Crippen molar-refractivity contribution in [1.82, 2.24) is 9.21 Å². The maximum absolute atomic E-state index is 13.6. The molecule has 2 aromatic carbocycles. The number of sulfonamides is 1. The van der Waals surface area contributed by atoms with E-state index in [4.69, 9.17) is 4.74 Å². The summed E-state index contributed by atoms with van der Waals surface area (Å²) in [6, 6.07) is 13.0. The van der Waals surface area contributed by atoms with Gasteiger partial charge >= 0.3 is 12.1 Å². The molecule has 7 nitrogen and oxygen atoms in total. The molecule has 2 atom stereocenters. The van der Waals surface area contributed by atoms with Crippen molar-refractivity contribution in [1.29, 1.82) is 0 Å². The van der Waals surface area contributed by atoms with E-state index in [0.717, 1.165) is 20.3 Å². The van der Waals surface area contributed by atoms with Gasteiger partial charge in [0, 0.05) is 0 Å². The summed E-state index contributed by atoms with van der Waals surface area (Å²) in [4.78, 5) is 27.7. The fraction of sp³-hybridized carbons (Fsp3) is 0.360. The molecule has 0 unspecified atom stereocenters. The Kier molecular flexibility index (Phi) is 6.97. The Balaban J connectivity index is 1.98. The highest BCUT2D eigenvalue weighted by molar-refractivity contribution is 7.89. The molecule has 0 bridgehead atoms. The van der Waals surface area contributed by atoms with Crippen molar-refractivity contribution in [3.05, 3.63) is 78.4 Å². The van der Waals surface area contributed by atoms with Crippen molar-refractivity contribution in [2.45, 2.75) is 57.7 Å². The van der Waals surface area contributed by atoms with E-state index in [1.54, 1.807) is 24.3 Å². The van der Waals surface area contributed by atoms with E-state index < -0.39 is 39.6 Å². The maximum atomic E-state index is 13.6. The monoisotopic (exact) mass is 470 g/mol. The quantitative estimate of drug-likeness (QED) is 0.567. The van der Waals surface area contributed by atoms with Crippen LogP contribution in [-0.4, -0.2) is 41.8 Å². The average molecular weight is 471 g/mol. The first-order valence-corrected chi connectivity index (χ1v) is 12.2. The second kappa shape index (κ2) is 9.39. The smallest absolute Gasteiger partial charge is 0.418 e. The van der Waals surface area contributed by atoms with Crippen LogP contribution in [0.3, 0.4) is 0 Å². The second-order valence-corrected chi connectivity index (χ2v) is 11.0. The van der Waals surface area contributed by atoms with Gasteiger partial charge in [0.25, 0.3) is 10.0 Å². The molecule has 0 aliphatic carbocycles. The molecule has 0 saturated carbocycles. The number of amides is 3. The predicted octanol–water partition coefficient (Wildman–Crippen LogP) is 5.12. The molecular formula is C25H30N2O5S. The van der Waals surface area contributed by atoms with Gasteiger partial charge in [-0.2, -0.15) is 0 Å². The van der Waals surface area contributed by atoms with Gasteiger partial charge in [-0.25, -0.2) is 27.2 Å². The van der Waals surface area contributed by atoms with Gasteiger partial charge in [0.2, 0.25) is 0 Å². The van der Waals surface area contributed by atoms with Gasteiger partial charge in [0.1, 0.15) is 6.61 Å². The molecule has 1 saturated heterocycles. The highest BCUT2D eigenvalue weighted by atomic mass is 32.2. The number of hydrogen-bond donors (Lipinski definition) is 0. The van der Waals surface area contributed by atoms with Crippen LogP contribution in [0, 0.1) is 12.3 Å². The van der Waals surface area contributed by atoms with Crippen LogP contribution in [0.4, 0.5) is 9.59 Å². The van der Waals surface area contributed by atoms with Gasteiger partial charge in [-0.15, -0.1) is 6.58 Å². The molecule has 3 amide bonds. The van der Waals surface area contributed by atoms with Crippen LogP contribution in [0.1, 0.15) is 38.3 Å². The first-order chi connectivity index (χ1) is 15.5. The standard InChI is InChI=1S/C25H30N2O5S/c1-6-20-16-22(25(3,4)5)26(24(29)32-17-19-10-8-7-9-11-19)23(28)27(20)33(30,31)21-14-12-18(2)13-15-21/h6-15,20,22H,1,16-17H2,2-5H3/t20-,22-/m0/s1. The number of imide groups is 1. The van der Waals surface area contributed by atoms with Crippen LogP contribution in [-0.2, 0) is 21.4 Å². The third-order valence-corrected chi connectivity index (χ3v) is 7.54. The summed E-state index contributed by atoms with van der Waals surface area (Å²) in [5.74, 6) is 0. The summed E-state index contributed by atoms with van der Waals surface area (Å²) >= 11 is 0. The van der Waals surface area contributed by atoms with E-state index in [2.05, 4.69) is 6.58 Å². The minimum absolute atomic E-state index is 0.0277. The van der Waals surface area contributed by atoms with E-state index in [9.17, 15) is 18.0 Å². The minimum atomic E-state index is -4.23. The predicted molar refractivity (Wildman–Crippen MR) is 126 cm³/mol. The SMILES string of the molecule is C=C[C@H]1C[C@@H](C(C)(C)C)N(C(=O)OCc2ccccc2)C(=O)N1S(=O)(=O)c1ccc(C)cc1. The third kappa shape index (κ3) is 5.11. The number of aryl methyl sites for hydroxylation is 1. The maximum Gasteiger partial charge on any atom is 0.418 e. The molecule has 1 aliphatic rings. The van der Waals surface area contributed by atoms with E-state index in [1.165, 1.54) is 18.2 Å². The minimum Gasteiger partial charge on any atom is -0.444 e. The van der Waals surface area contributed by atoms with Crippen molar-refractivity contribution in [3.8, 4) is 0 Å². The lowest BCUT2D eigenvalue weighted by atomic mass is 9.81. The van der Waals surface area contributed by atoms with E-state index >= 15 is 0 Å².